The molecule has 0 saturated heterocycles. The molecule has 0 spiro atoms. The molecule has 0 saturated carbocycles. The van der Waals surface area contributed by atoms with E-state index in [0.717, 1.165) is 11.1 Å². The lowest BCUT2D eigenvalue weighted by Crippen LogP contribution is -2.29. The van der Waals surface area contributed by atoms with Crippen molar-refractivity contribution in [2.24, 2.45) is 0 Å². The van der Waals surface area contributed by atoms with Crippen molar-refractivity contribution in [1.29, 1.82) is 0 Å². The Morgan fingerprint density at radius 3 is 2.40 bits per heavy atom. The summed E-state index contributed by atoms with van der Waals surface area (Å²) < 4.78 is 22.1. The lowest BCUT2D eigenvalue weighted by atomic mass is 9.95. The summed E-state index contributed by atoms with van der Waals surface area (Å²) in [5.41, 5.74) is 2.56. The molecule has 11 heteroatoms. The maximum atomic E-state index is 12.8. The predicted molar refractivity (Wildman–Crippen MR) is 126 cm³/mol. The number of rotatable bonds is 10. The van der Waals surface area contributed by atoms with E-state index in [2.05, 4.69) is 10.2 Å². The quantitative estimate of drug-likeness (QED) is 0.304. The maximum absolute atomic E-state index is 12.8. The van der Waals surface area contributed by atoms with Gasteiger partial charge in [0.2, 0.25) is 17.1 Å². The normalized spacial score (nSPS) is 14.0. The second kappa shape index (κ2) is 11.4. The lowest BCUT2D eigenvalue weighted by Gasteiger charge is -2.20. The number of carbonyl (C=O) groups excluding carboxylic acids is 1. The molecule has 0 bridgehead atoms. The molecule has 1 aliphatic carbocycles. The Hall–Kier alpha value is -4.02. The van der Waals surface area contributed by atoms with E-state index in [9.17, 15) is 19.7 Å². The van der Waals surface area contributed by atoms with Crippen LogP contribution in [0.15, 0.2) is 29.1 Å². The minimum absolute atomic E-state index is 0.0318. The summed E-state index contributed by atoms with van der Waals surface area (Å²) in [5, 5.41) is 12.4. The second-order valence-electron chi connectivity index (χ2n) is 7.78. The first-order valence-corrected chi connectivity index (χ1v) is 11.0. The van der Waals surface area contributed by atoms with Gasteiger partial charge in [0.1, 0.15) is 0 Å². The third kappa shape index (κ3) is 5.56. The van der Waals surface area contributed by atoms with Crippen LogP contribution >= 0.6 is 0 Å². The summed E-state index contributed by atoms with van der Waals surface area (Å²) in [6.45, 7) is -0.180. The van der Waals surface area contributed by atoms with Gasteiger partial charge >= 0.3 is 0 Å². The van der Waals surface area contributed by atoms with Gasteiger partial charge in [-0.25, -0.2) is 0 Å². The molecule has 1 amide bonds. The number of hydrogen-bond donors (Lipinski definition) is 1. The van der Waals surface area contributed by atoms with Crippen molar-refractivity contribution in [2.75, 3.05) is 35.0 Å². The molecule has 11 nitrogen and oxygen atoms in total. The number of methoxy groups -OCH3 is 4. The number of carbonyl (C=O) groups is 1. The highest BCUT2D eigenvalue weighted by atomic mass is 16.9. The Bertz CT molecular complexity index is 1170. The fourth-order valence-electron chi connectivity index (χ4n) is 4.26. The summed E-state index contributed by atoms with van der Waals surface area (Å²) >= 11 is 0. The maximum Gasteiger partial charge on any atom is 0.294 e. The van der Waals surface area contributed by atoms with Crippen LogP contribution in [-0.4, -0.2) is 46.0 Å². The van der Waals surface area contributed by atoms with Gasteiger partial charge in [0.15, 0.2) is 17.2 Å². The van der Waals surface area contributed by atoms with Crippen LogP contribution in [0.2, 0.25) is 0 Å². The fraction of sp³-hybridized carbons (Fsp3) is 0.417. The number of aryl methyl sites for hydroxylation is 1. The van der Waals surface area contributed by atoms with Gasteiger partial charge in [-0.1, -0.05) is 6.07 Å². The van der Waals surface area contributed by atoms with E-state index in [0.29, 0.717) is 41.2 Å². The molecule has 0 radical (unpaired) electrons. The van der Waals surface area contributed by atoms with Crippen molar-refractivity contribution < 1.29 is 33.7 Å². The molecule has 2 aromatic rings. The van der Waals surface area contributed by atoms with Gasteiger partial charge in [0.25, 0.3) is 5.09 Å². The van der Waals surface area contributed by atoms with Crippen LogP contribution in [0.5, 0.6) is 23.0 Å². The Balaban J connectivity index is 2.11. The highest BCUT2D eigenvalue weighted by Crippen LogP contribution is 2.50. The Kier molecular flexibility index (Phi) is 8.34. The highest BCUT2D eigenvalue weighted by molar-refractivity contribution is 5.83. The predicted octanol–water partition coefficient (Wildman–Crippen LogP) is 2.84. The van der Waals surface area contributed by atoms with Crippen molar-refractivity contribution in [3.8, 4) is 34.1 Å². The summed E-state index contributed by atoms with van der Waals surface area (Å²) in [7, 11) is 5.99. The molecule has 1 atom stereocenters. The van der Waals surface area contributed by atoms with Crippen molar-refractivity contribution in [3.05, 3.63) is 55.7 Å². The number of fused-ring (bicyclic) bond motifs is 3. The number of benzene rings is 1. The van der Waals surface area contributed by atoms with Gasteiger partial charge in [-0.15, -0.1) is 10.1 Å². The van der Waals surface area contributed by atoms with Crippen LogP contribution in [0.3, 0.4) is 0 Å². The smallest absolute Gasteiger partial charge is 0.294 e. The highest BCUT2D eigenvalue weighted by Gasteiger charge is 2.29. The third-order valence-corrected chi connectivity index (χ3v) is 5.80. The van der Waals surface area contributed by atoms with Gasteiger partial charge in [-0.2, -0.15) is 0 Å². The molecule has 188 valence electrons. The minimum atomic E-state index is -0.893. The summed E-state index contributed by atoms with van der Waals surface area (Å²) in [6, 6.07) is 6.16. The molecule has 0 aromatic heterocycles. The van der Waals surface area contributed by atoms with E-state index < -0.39 is 11.1 Å². The van der Waals surface area contributed by atoms with Gasteiger partial charge in [0, 0.05) is 12.0 Å². The number of hydrogen-bond acceptors (Lipinski definition) is 9. The van der Waals surface area contributed by atoms with E-state index in [1.807, 2.05) is 6.07 Å². The van der Waals surface area contributed by atoms with E-state index in [4.69, 9.17) is 18.9 Å². The second-order valence-corrected chi connectivity index (χ2v) is 7.78. The van der Waals surface area contributed by atoms with Crippen molar-refractivity contribution >= 4 is 5.91 Å². The number of nitrogens with one attached hydrogen (secondary N) is 1. The zero-order valence-corrected chi connectivity index (χ0v) is 20.0. The van der Waals surface area contributed by atoms with Gasteiger partial charge < -0.3 is 29.1 Å². The van der Waals surface area contributed by atoms with Crippen molar-refractivity contribution in [3.63, 3.8) is 0 Å². The molecular weight excluding hydrogens is 460 g/mol. The Morgan fingerprint density at radius 1 is 1.06 bits per heavy atom. The first kappa shape index (κ1) is 25.6. The average molecular weight is 488 g/mol. The first-order valence-electron chi connectivity index (χ1n) is 11.0. The first-order chi connectivity index (χ1) is 16.8. The number of nitrogens with zero attached hydrogens (tertiary/aromatic N) is 1. The van der Waals surface area contributed by atoms with Crippen LogP contribution < -0.4 is 29.7 Å². The molecule has 35 heavy (non-hydrogen) atoms. The Labute approximate surface area is 202 Å². The molecule has 0 heterocycles. The van der Waals surface area contributed by atoms with Crippen LogP contribution in [0.25, 0.3) is 11.1 Å². The van der Waals surface area contributed by atoms with Crippen LogP contribution in [0.1, 0.15) is 36.4 Å². The Morgan fingerprint density at radius 2 is 1.77 bits per heavy atom. The lowest BCUT2D eigenvalue weighted by molar-refractivity contribution is -0.757. The summed E-state index contributed by atoms with van der Waals surface area (Å²) in [4.78, 5) is 40.1. The fourth-order valence-corrected chi connectivity index (χ4v) is 4.26. The zero-order chi connectivity index (χ0) is 25.5. The molecular formula is C24H28N2O9. The zero-order valence-electron chi connectivity index (χ0n) is 20.0. The average Bonchev–Trinajstić information content (AvgIpc) is 3.09. The SMILES string of the molecule is COc1cc2c(c(OC)c1OC)-c1ccc(OC)c(=O)cc1C(NC(=O)CCCO[N+](=O)[O-])CC2. The molecule has 0 aliphatic heterocycles. The van der Waals surface area contributed by atoms with E-state index in [1.54, 1.807) is 12.1 Å². The molecule has 3 rings (SSSR count). The third-order valence-electron chi connectivity index (χ3n) is 5.80. The summed E-state index contributed by atoms with van der Waals surface area (Å²) in [6.07, 6.45) is 1.24. The van der Waals surface area contributed by atoms with Crippen molar-refractivity contribution in [2.45, 2.75) is 31.7 Å². The van der Waals surface area contributed by atoms with Crippen LogP contribution in [0, 0.1) is 10.1 Å². The monoisotopic (exact) mass is 488 g/mol. The molecule has 1 N–H and O–H groups in total. The van der Waals surface area contributed by atoms with E-state index >= 15 is 0 Å². The molecule has 2 aromatic carbocycles. The van der Waals surface area contributed by atoms with E-state index in [-0.39, 0.29) is 36.5 Å². The molecule has 1 unspecified atom stereocenters. The van der Waals surface area contributed by atoms with Gasteiger partial charge in [0.05, 0.1) is 41.1 Å². The van der Waals surface area contributed by atoms with Gasteiger partial charge in [-0.3, -0.25) is 9.59 Å². The number of amides is 1. The van der Waals surface area contributed by atoms with Crippen molar-refractivity contribution in [1.82, 2.24) is 5.32 Å². The topological polar surface area (TPSA) is 135 Å². The van der Waals surface area contributed by atoms with Crippen LogP contribution in [0.4, 0.5) is 0 Å². The molecule has 0 fully saturated rings. The van der Waals surface area contributed by atoms with Gasteiger partial charge in [-0.05, 0) is 54.2 Å². The standard InChI is InChI=1S/C24H28N2O9/c1-31-19-10-8-15-16(13-18(19)27)17(25-21(28)6-5-11-35-26(29)30)9-7-14-12-20(32-2)23(33-3)24(34-4)22(14)15/h8,10,12-13,17H,5-7,9,11H2,1-4H3,(H,25,28). The molecule has 1 aliphatic rings. The largest absolute Gasteiger partial charge is 0.493 e. The number of ether oxygens (including phenoxy) is 4. The van der Waals surface area contributed by atoms with Crippen LogP contribution in [-0.2, 0) is 16.1 Å². The summed E-state index contributed by atoms with van der Waals surface area (Å²) in [5.74, 6) is 1.20. The van der Waals surface area contributed by atoms with E-state index in [1.165, 1.54) is 34.5 Å². The minimum Gasteiger partial charge on any atom is -0.493 e.